The van der Waals surface area contributed by atoms with E-state index in [-0.39, 0.29) is 30.8 Å². The van der Waals surface area contributed by atoms with Crippen molar-refractivity contribution in [3.63, 3.8) is 0 Å². The molecule has 3 N–H and O–H groups in total. The molecular weight excluding hydrogens is 548 g/mol. The van der Waals surface area contributed by atoms with Crippen LogP contribution in [-0.2, 0) is 22.6 Å². The lowest BCUT2D eigenvalue weighted by Gasteiger charge is -2.41. The number of methoxy groups -OCH3 is 1. The molecule has 218 valence electrons. The van der Waals surface area contributed by atoms with Gasteiger partial charge >= 0.3 is 6.03 Å². The van der Waals surface area contributed by atoms with Crippen molar-refractivity contribution in [3.05, 3.63) is 125 Å². The maximum Gasteiger partial charge on any atom is 0.319 e. The summed E-state index contributed by atoms with van der Waals surface area (Å²) in [5.74, 6) is 1.58. The molecule has 4 atom stereocenters. The van der Waals surface area contributed by atoms with Gasteiger partial charge in [0.05, 0.1) is 25.9 Å². The van der Waals surface area contributed by atoms with Gasteiger partial charge in [-0.25, -0.2) is 4.79 Å². The molecule has 0 aromatic heterocycles. The van der Waals surface area contributed by atoms with Gasteiger partial charge in [-0.15, -0.1) is 11.8 Å². The van der Waals surface area contributed by atoms with E-state index in [2.05, 4.69) is 17.6 Å². The summed E-state index contributed by atoms with van der Waals surface area (Å²) < 4.78 is 18.7. The van der Waals surface area contributed by atoms with Crippen molar-refractivity contribution in [3.8, 4) is 5.75 Å². The largest absolute Gasteiger partial charge is 0.496 e. The quantitative estimate of drug-likeness (QED) is 0.173. The number of rotatable bonds is 10. The molecule has 4 aromatic carbocycles. The summed E-state index contributed by atoms with van der Waals surface area (Å²) in [6.45, 7) is 2.56. The van der Waals surface area contributed by atoms with Crippen LogP contribution in [0.15, 0.2) is 108 Å². The number of carbonyl (C=O) groups is 1. The molecule has 1 aliphatic heterocycles. The van der Waals surface area contributed by atoms with Gasteiger partial charge in [0.15, 0.2) is 6.29 Å². The number of thioether (sulfide) groups is 1. The molecule has 7 nitrogen and oxygen atoms in total. The van der Waals surface area contributed by atoms with Crippen LogP contribution in [0.25, 0.3) is 0 Å². The van der Waals surface area contributed by atoms with Crippen molar-refractivity contribution >= 4 is 23.5 Å². The Bertz CT molecular complexity index is 1450. The third-order valence-electron chi connectivity index (χ3n) is 7.31. The second-order valence-electron chi connectivity index (χ2n) is 10.2. The molecule has 0 bridgehead atoms. The fraction of sp³-hybridized carbons (Fsp3) is 0.265. The highest BCUT2D eigenvalue weighted by molar-refractivity contribution is 7.99. The average Bonchev–Trinajstić information content (AvgIpc) is 3.04. The van der Waals surface area contributed by atoms with Gasteiger partial charge in [-0.3, -0.25) is 0 Å². The monoisotopic (exact) mass is 584 g/mol. The van der Waals surface area contributed by atoms with Crippen molar-refractivity contribution in [1.29, 1.82) is 0 Å². The highest BCUT2D eigenvalue weighted by Gasteiger charge is 2.38. The van der Waals surface area contributed by atoms with Crippen molar-refractivity contribution in [1.82, 2.24) is 5.32 Å². The van der Waals surface area contributed by atoms with E-state index in [1.807, 2.05) is 103 Å². The Balaban J connectivity index is 1.33. The number of urea groups is 1. The number of para-hydroxylation sites is 1. The van der Waals surface area contributed by atoms with Gasteiger partial charge in [0.2, 0.25) is 0 Å². The van der Waals surface area contributed by atoms with Gasteiger partial charge in [0, 0.05) is 34.4 Å². The van der Waals surface area contributed by atoms with Crippen LogP contribution in [0.3, 0.4) is 0 Å². The highest BCUT2D eigenvalue weighted by atomic mass is 32.2. The van der Waals surface area contributed by atoms with Gasteiger partial charge in [-0.05, 0) is 41.0 Å². The summed E-state index contributed by atoms with van der Waals surface area (Å²) in [5, 5.41) is 15.3. The highest BCUT2D eigenvalue weighted by Crippen LogP contribution is 2.44. The minimum atomic E-state index is -0.638. The fourth-order valence-electron chi connectivity index (χ4n) is 4.94. The molecule has 8 heteroatoms. The maximum atomic E-state index is 12.6. The van der Waals surface area contributed by atoms with E-state index in [0.717, 1.165) is 32.9 Å². The first-order chi connectivity index (χ1) is 20.5. The van der Waals surface area contributed by atoms with Crippen LogP contribution in [0.2, 0.25) is 0 Å². The second kappa shape index (κ2) is 14.4. The zero-order chi connectivity index (χ0) is 29.3. The molecule has 0 radical (unpaired) electrons. The minimum Gasteiger partial charge on any atom is -0.496 e. The predicted molar refractivity (Wildman–Crippen MR) is 165 cm³/mol. The number of hydrogen-bond donors (Lipinski definition) is 3. The Kier molecular flexibility index (Phi) is 10.2. The number of hydrogen-bond acceptors (Lipinski definition) is 6. The normalized spacial score (nSPS) is 20.1. The van der Waals surface area contributed by atoms with Gasteiger partial charge in [-0.2, -0.15) is 0 Å². The zero-order valence-corrected chi connectivity index (χ0v) is 24.6. The number of nitrogens with one attached hydrogen (secondary N) is 2. The van der Waals surface area contributed by atoms with Gasteiger partial charge < -0.3 is 30.0 Å². The zero-order valence-electron chi connectivity index (χ0n) is 23.7. The van der Waals surface area contributed by atoms with E-state index in [4.69, 9.17) is 14.2 Å². The summed E-state index contributed by atoms with van der Waals surface area (Å²) >= 11 is 1.69. The Labute approximate surface area is 251 Å². The van der Waals surface area contributed by atoms with E-state index in [1.54, 1.807) is 18.9 Å². The number of benzene rings is 4. The van der Waals surface area contributed by atoms with E-state index >= 15 is 0 Å². The molecule has 0 aliphatic carbocycles. The van der Waals surface area contributed by atoms with Crippen LogP contribution >= 0.6 is 11.8 Å². The Morgan fingerprint density at radius 1 is 0.881 bits per heavy atom. The topological polar surface area (TPSA) is 89.1 Å². The fourth-order valence-corrected chi connectivity index (χ4v) is 6.13. The molecule has 5 rings (SSSR count). The SMILES string of the molecule is COc1ccccc1SC[C@H]1O[C@@H](c2cccc(NC(=O)NCc3ccccc3)c2)O[C@@H](c2ccc(CO)cc2)[C@H]1C. The summed E-state index contributed by atoms with van der Waals surface area (Å²) in [4.78, 5) is 13.7. The molecule has 1 saturated heterocycles. The smallest absolute Gasteiger partial charge is 0.319 e. The van der Waals surface area contributed by atoms with E-state index in [9.17, 15) is 9.90 Å². The van der Waals surface area contributed by atoms with Crippen LogP contribution in [0.4, 0.5) is 10.5 Å². The summed E-state index contributed by atoms with van der Waals surface area (Å²) in [7, 11) is 1.68. The van der Waals surface area contributed by atoms with Crippen LogP contribution in [-0.4, -0.2) is 30.1 Å². The first-order valence-corrected chi connectivity index (χ1v) is 15.0. The molecule has 42 heavy (non-hydrogen) atoms. The molecule has 4 aromatic rings. The molecule has 0 spiro atoms. The first kappa shape index (κ1) is 29.7. The van der Waals surface area contributed by atoms with Crippen molar-refractivity contribution < 1.29 is 24.1 Å². The van der Waals surface area contributed by atoms with Crippen LogP contribution in [0.5, 0.6) is 5.75 Å². The molecule has 1 heterocycles. The van der Waals surface area contributed by atoms with Crippen molar-refractivity contribution in [2.75, 3.05) is 18.2 Å². The molecular formula is C34H36N2O5S. The number of anilines is 1. The lowest BCUT2D eigenvalue weighted by Crippen LogP contribution is -2.38. The second-order valence-corrected chi connectivity index (χ2v) is 11.3. The van der Waals surface area contributed by atoms with Crippen LogP contribution in [0, 0.1) is 5.92 Å². The van der Waals surface area contributed by atoms with E-state index in [0.29, 0.717) is 18.0 Å². The summed E-state index contributed by atoms with van der Waals surface area (Å²) in [6, 6.07) is 32.9. The Morgan fingerprint density at radius 3 is 2.40 bits per heavy atom. The third-order valence-corrected chi connectivity index (χ3v) is 8.45. The average molecular weight is 585 g/mol. The van der Waals surface area contributed by atoms with Gasteiger partial charge in [-0.1, -0.05) is 85.8 Å². The number of amides is 2. The van der Waals surface area contributed by atoms with Crippen LogP contribution in [0.1, 0.15) is 41.6 Å². The van der Waals surface area contributed by atoms with E-state index in [1.165, 1.54) is 0 Å². The summed E-state index contributed by atoms with van der Waals surface area (Å²) in [5.41, 5.74) is 4.35. The summed E-state index contributed by atoms with van der Waals surface area (Å²) in [6.07, 6.45) is -1.00. The molecule has 0 saturated carbocycles. The van der Waals surface area contributed by atoms with Crippen molar-refractivity contribution in [2.45, 2.75) is 43.5 Å². The number of carbonyl (C=O) groups excluding carboxylic acids is 1. The molecule has 1 fully saturated rings. The lowest BCUT2D eigenvalue weighted by molar-refractivity contribution is -0.268. The van der Waals surface area contributed by atoms with Gasteiger partial charge in [0.1, 0.15) is 5.75 Å². The predicted octanol–water partition coefficient (Wildman–Crippen LogP) is 7.09. The Hall–Kier alpha value is -3.82. The maximum absolute atomic E-state index is 12.6. The lowest BCUT2D eigenvalue weighted by atomic mass is 9.91. The van der Waals surface area contributed by atoms with Gasteiger partial charge in [0.25, 0.3) is 0 Å². The third kappa shape index (κ3) is 7.52. The number of aliphatic hydroxyl groups excluding tert-OH is 1. The van der Waals surface area contributed by atoms with Crippen molar-refractivity contribution in [2.24, 2.45) is 5.92 Å². The standard InChI is InChI=1S/C34H36N2O5S/c1-23-30(22-42-31-14-7-6-13-29(31)39-2)40-33(41-32(23)26-17-15-25(21-37)16-18-26)27-11-8-12-28(19-27)36-34(38)35-20-24-9-4-3-5-10-24/h3-19,23,30,32-33,37H,20-22H2,1-2H3,(H2,35,36,38)/t23-,30+,32+,33+/m0/s1. The molecule has 0 unspecified atom stereocenters. The minimum absolute atomic E-state index is 0.00994. The first-order valence-electron chi connectivity index (χ1n) is 14.0. The Morgan fingerprint density at radius 2 is 1.64 bits per heavy atom. The van der Waals surface area contributed by atoms with Crippen LogP contribution < -0.4 is 15.4 Å². The van der Waals surface area contributed by atoms with E-state index < -0.39 is 6.29 Å². The molecule has 1 aliphatic rings. The number of aliphatic hydroxyl groups is 1. The number of ether oxygens (including phenoxy) is 3. The molecule has 2 amide bonds.